The van der Waals surface area contributed by atoms with Crippen molar-refractivity contribution in [2.75, 3.05) is 38.0 Å². The van der Waals surface area contributed by atoms with Crippen LogP contribution in [0.5, 0.6) is 0 Å². The summed E-state index contributed by atoms with van der Waals surface area (Å²) in [5.41, 5.74) is 2.65. The van der Waals surface area contributed by atoms with Crippen molar-refractivity contribution in [3.8, 4) is 0 Å². The Morgan fingerprint density at radius 2 is 1.82 bits per heavy atom. The Morgan fingerprint density at radius 1 is 1.00 bits per heavy atom. The van der Waals surface area contributed by atoms with E-state index in [1.807, 2.05) is 52.6 Å². The molecule has 49 heavy (non-hydrogen) atoms. The highest BCUT2D eigenvalue weighted by Crippen LogP contribution is 2.19. The lowest BCUT2D eigenvalue weighted by molar-refractivity contribution is -0.135. The van der Waals surface area contributed by atoms with Gasteiger partial charge in [0.2, 0.25) is 17.7 Å². The van der Waals surface area contributed by atoms with Crippen LogP contribution in [0.4, 0.5) is 5.82 Å². The summed E-state index contributed by atoms with van der Waals surface area (Å²) >= 11 is 1.49. The number of thiazole rings is 1. The van der Waals surface area contributed by atoms with Crippen LogP contribution in [0, 0.1) is 0 Å². The van der Waals surface area contributed by atoms with Crippen molar-refractivity contribution in [3.63, 3.8) is 0 Å². The topological polar surface area (TPSA) is 203 Å². The van der Waals surface area contributed by atoms with Crippen LogP contribution in [0.3, 0.4) is 0 Å². The molecule has 1 aromatic carbocycles. The van der Waals surface area contributed by atoms with Crippen LogP contribution >= 0.6 is 11.3 Å². The number of anilines is 1. The molecule has 1 aliphatic heterocycles. The molecule has 15 nitrogen and oxygen atoms in total. The van der Waals surface area contributed by atoms with E-state index >= 15 is 0 Å². The number of carbonyl (C=O) groups excluding carboxylic acids is 4. The predicted octanol–water partition coefficient (Wildman–Crippen LogP) is 1.82. The van der Waals surface area contributed by atoms with E-state index < -0.39 is 11.9 Å². The second kappa shape index (κ2) is 16.9. The number of nitrogens with one attached hydrogen (secondary N) is 5. The van der Waals surface area contributed by atoms with E-state index in [9.17, 15) is 19.2 Å². The number of pyridine rings is 1. The van der Waals surface area contributed by atoms with Gasteiger partial charge in [-0.15, -0.1) is 11.3 Å². The Labute approximate surface area is 285 Å². The molecule has 2 bridgehead atoms. The summed E-state index contributed by atoms with van der Waals surface area (Å²) in [5.74, 6) is -0.821. The number of amides is 4. The van der Waals surface area contributed by atoms with Gasteiger partial charge < -0.3 is 36.3 Å². The second-order valence-corrected chi connectivity index (χ2v) is 12.1. The second-order valence-electron chi connectivity index (χ2n) is 11.2. The van der Waals surface area contributed by atoms with Crippen LogP contribution in [0.25, 0.3) is 15.9 Å². The normalized spacial score (nSPS) is 16.5. The van der Waals surface area contributed by atoms with E-state index in [1.165, 1.54) is 16.2 Å². The van der Waals surface area contributed by atoms with Gasteiger partial charge in [-0.05, 0) is 36.6 Å². The molecule has 6 N–H and O–H groups in total. The van der Waals surface area contributed by atoms with Gasteiger partial charge in [0, 0.05) is 67.5 Å². The number of nitrogens with zero attached hydrogens (tertiary/aromatic N) is 4. The average molecular weight is 688 g/mol. The zero-order valence-electron chi connectivity index (χ0n) is 26.6. The van der Waals surface area contributed by atoms with Crippen molar-refractivity contribution in [1.82, 2.24) is 40.2 Å². The van der Waals surface area contributed by atoms with Crippen LogP contribution in [-0.2, 0) is 32.0 Å². The van der Waals surface area contributed by atoms with Gasteiger partial charge in [-0.25, -0.2) is 9.97 Å². The molecule has 0 fully saturated rings. The van der Waals surface area contributed by atoms with Gasteiger partial charge in [-0.2, -0.15) is 0 Å². The Morgan fingerprint density at radius 3 is 2.65 bits per heavy atom. The molecule has 4 aromatic heterocycles. The summed E-state index contributed by atoms with van der Waals surface area (Å²) < 4.78 is 1.87. The molecule has 0 saturated carbocycles. The first kappa shape index (κ1) is 34.6. The fourth-order valence-electron chi connectivity index (χ4n) is 5.43. The van der Waals surface area contributed by atoms with E-state index in [-0.39, 0.29) is 49.3 Å². The number of hydrogen-bond acceptors (Lipinski definition) is 9. The zero-order chi connectivity index (χ0) is 34.6. The van der Waals surface area contributed by atoms with E-state index in [2.05, 4.69) is 36.2 Å². The number of imidazole rings is 1. The Balaban J connectivity index is 0.00000151. The summed E-state index contributed by atoms with van der Waals surface area (Å²) in [5, 5.41) is 21.6. The molecule has 16 heteroatoms. The molecule has 1 atom stereocenters. The van der Waals surface area contributed by atoms with Crippen molar-refractivity contribution in [3.05, 3.63) is 83.4 Å². The Bertz CT molecular complexity index is 1890. The molecule has 5 heterocycles. The van der Waals surface area contributed by atoms with Gasteiger partial charge in [-0.1, -0.05) is 24.3 Å². The number of fused-ring (bicyclic) bond motifs is 4. The number of benzene rings is 1. The zero-order valence-corrected chi connectivity index (χ0v) is 27.4. The van der Waals surface area contributed by atoms with Crippen LogP contribution in [-0.4, -0.2) is 98.2 Å². The van der Waals surface area contributed by atoms with Gasteiger partial charge >= 0.3 is 0 Å². The number of aromatic nitrogens is 4. The number of carbonyl (C=O) groups is 5. The van der Waals surface area contributed by atoms with E-state index in [0.29, 0.717) is 50.5 Å². The summed E-state index contributed by atoms with van der Waals surface area (Å²) in [6, 6.07) is 12.0. The maximum atomic E-state index is 13.5. The lowest BCUT2D eigenvalue weighted by Crippen LogP contribution is -2.48. The van der Waals surface area contributed by atoms with Crippen molar-refractivity contribution in [1.29, 1.82) is 0 Å². The first-order chi connectivity index (χ1) is 23.8. The number of hydrogen-bond donors (Lipinski definition) is 6. The van der Waals surface area contributed by atoms with Crippen LogP contribution in [0.2, 0.25) is 0 Å². The SMILES string of the molecule is O=C1CN(C(=O)Cc2cn3ccsc3n2)CCCCNC(=O)[C@H](Cc2c[nH]c3ccccc23)NC(=O)c2cccc(n2)NCCN1.O=CO. The highest BCUT2D eigenvalue weighted by molar-refractivity contribution is 7.15. The third-order valence-electron chi connectivity index (χ3n) is 7.77. The molecule has 0 radical (unpaired) electrons. The fourth-order valence-corrected chi connectivity index (χ4v) is 6.14. The minimum absolute atomic E-state index is 0.0806. The molecule has 6 rings (SSSR count). The smallest absolute Gasteiger partial charge is 0.290 e. The molecule has 0 unspecified atom stereocenters. The summed E-state index contributed by atoms with van der Waals surface area (Å²) in [6.07, 6.45) is 7.06. The maximum Gasteiger partial charge on any atom is 0.290 e. The minimum Gasteiger partial charge on any atom is -0.483 e. The largest absolute Gasteiger partial charge is 0.483 e. The molecule has 5 aromatic rings. The highest BCUT2D eigenvalue weighted by Gasteiger charge is 2.24. The Kier molecular flexibility index (Phi) is 11.9. The number of aromatic amines is 1. The summed E-state index contributed by atoms with van der Waals surface area (Å²) in [6.45, 7) is 0.985. The van der Waals surface area contributed by atoms with Gasteiger partial charge in [-0.3, -0.25) is 28.4 Å². The standard InChI is InChI=1S/C32H35N9O4S.CH2O2/c42-28-20-40(29(43)17-22-19-41-14-15-46-32(41)37-22)13-4-3-10-35-30(44)26(16-21-18-36-24-7-2-1-6-23(21)24)39-31(45)25-8-5-9-27(38-25)33-11-12-34-28;2-1-3/h1-2,5-9,14-15,18-19,26,36H,3-4,10-13,16-17,20H2,(H,33,38)(H,34,42)(H,35,44)(H,39,45);1H,(H,2,3)/t26-;/m0./s1. The van der Waals surface area contributed by atoms with Crippen molar-refractivity contribution in [2.45, 2.75) is 31.7 Å². The van der Waals surface area contributed by atoms with Gasteiger partial charge in [0.25, 0.3) is 12.4 Å². The predicted molar refractivity (Wildman–Crippen MR) is 183 cm³/mol. The number of H-pyrrole nitrogens is 1. The van der Waals surface area contributed by atoms with Crippen LogP contribution < -0.4 is 21.3 Å². The molecule has 0 saturated heterocycles. The molecular formula is C33H37N9O6S. The monoisotopic (exact) mass is 687 g/mol. The number of carboxylic acid groups (broad SMARTS) is 1. The first-order valence-electron chi connectivity index (χ1n) is 15.7. The molecular weight excluding hydrogens is 650 g/mol. The number of para-hydroxylation sites is 1. The summed E-state index contributed by atoms with van der Waals surface area (Å²) in [7, 11) is 0. The molecule has 0 spiro atoms. The average Bonchev–Trinajstić information content (AvgIpc) is 3.81. The first-order valence-corrected chi connectivity index (χ1v) is 16.6. The Hall–Kier alpha value is -5.77. The van der Waals surface area contributed by atoms with Crippen molar-refractivity contribution < 1.29 is 29.1 Å². The molecule has 4 amide bonds. The van der Waals surface area contributed by atoms with Crippen molar-refractivity contribution in [2.24, 2.45) is 0 Å². The lowest BCUT2D eigenvalue weighted by atomic mass is 10.0. The van der Waals surface area contributed by atoms with E-state index in [4.69, 9.17) is 9.90 Å². The third kappa shape index (κ3) is 9.41. The summed E-state index contributed by atoms with van der Waals surface area (Å²) in [4.78, 5) is 75.7. The quantitative estimate of drug-likeness (QED) is 0.152. The third-order valence-corrected chi connectivity index (χ3v) is 8.54. The lowest BCUT2D eigenvalue weighted by Gasteiger charge is -2.22. The van der Waals surface area contributed by atoms with E-state index in [0.717, 1.165) is 21.4 Å². The van der Waals surface area contributed by atoms with Gasteiger partial charge in [0.15, 0.2) is 4.96 Å². The molecule has 256 valence electrons. The maximum absolute atomic E-state index is 13.5. The van der Waals surface area contributed by atoms with Crippen LogP contribution in [0.15, 0.2) is 66.4 Å². The van der Waals surface area contributed by atoms with Crippen LogP contribution in [0.1, 0.15) is 34.6 Å². The van der Waals surface area contributed by atoms with Gasteiger partial charge in [0.1, 0.15) is 17.6 Å². The minimum atomic E-state index is -0.850. The van der Waals surface area contributed by atoms with Crippen molar-refractivity contribution >= 4 is 63.1 Å². The van der Waals surface area contributed by atoms with E-state index in [1.54, 1.807) is 18.2 Å². The van der Waals surface area contributed by atoms with Gasteiger partial charge in [0.05, 0.1) is 18.7 Å². The molecule has 0 aliphatic carbocycles. The highest BCUT2D eigenvalue weighted by atomic mass is 32.1. The number of rotatable bonds is 4. The molecule has 1 aliphatic rings. The fraction of sp³-hybridized carbons (Fsp3) is 0.303.